The summed E-state index contributed by atoms with van der Waals surface area (Å²) in [6.45, 7) is 8.59. The maximum Gasteiger partial charge on any atom is 0.409 e. The summed E-state index contributed by atoms with van der Waals surface area (Å²) in [7, 11) is 2.15. The lowest BCUT2D eigenvalue weighted by Gasteiger charge is -2.46. The number of hydrogen-bond acceptors (Lipinski definition) is 4. The van der Waals surface area contributed by atoms with E-state index in [1.54, 1.807) is 0 Å². The number of unbranched alkanes of at least 4 members (excludes halogenated alkanes) is 1. The van der Waals surface area contributed by atoms with Crippen LogP contribution in [-0.4, -0.2) is 79.8 Å². The molecule has 2 fully saturated rings. The first-order valence-electron chi connectivity index (χ1n) is 7.05. The van der Waals surface area contributed by atoms with E-state index in [9.17, 15) is 4.79 Å². The molecule has 2 rings (SSSR count). The molecule has 2 heterocycles. The van der Waals surface area contributed by atoms with Crippen molar-refractivity contribution in [3.05, 3.63) is 0 Å². The number of likely N-dealkylation sites (N-methyl/N-ethyl adjacent to an activating group) is 1. The highest BCUT2D eigenvalue weighted by Crippen LogP contribution is 2.15. The summed E-state index contributed by atoms with van der Waals surface area (Å²) in [5.74, 6) is 0. The Bertz CT molecular complexity index is 285. The molecule has 0 radical (unpaired) electrons. The Labute approximate surface area is 110 Å². The zero-order valence-electron chi connectivity index (χ0n) is 11.6. The number of amides is 1. The smallest absolute Gasteiger partial charge is 0.409 e. The highest BCUT2D eigenvalue weighted by atomic mass is 16.6. The molecule has 5 nitrogen and oxygen atoms in total. The van der Waals surface area contributed by atoms with Gasteiger partial charge in [-0.2, -0.15) is 0 Å². The van der Waals surface area contributed by atoms with Gasteiger partial charge in [-0.05, 0) is 13.5 Å². The number of carbonyl (C=O) groups is 1. The Morgan fingerprint density at radius 3 is 2.78 bits per heavy atom. The van der Waals surface area contributed by atoms with Gasteiger partial charge in [0.2, 0.25) is 0 Å². The molecule has 1 amide bonds. The number of nitrogens with zero attached hydrogens (tertiary/aromatic N) is 3. The monoisotopic (exact) mass is 255 g/mol. The molecule has 0 unspecified atom stereocenters. The summed E-state index contributed by atoms with van der Waals surface area (Å²) >= 11 is 0. The van der Waals surface area contributed by atoms with Crippen molar-refractivity contribution in [1.82, 2.24) is 14.7 Å². The van der Waals surface area contributed by atoms with Gasteiger partial charge in [0.05, 0.1) is 6.61 Å². The number of hydrogen-bond donors (Lipinski definition) is 0. The fourth-order valence-corrected chi connectivity index (χ4v) is 2.67. The third-order valence-electron chi connectivity index (χ3n) is 3.88. The van der Waals surface area contributed by atoms with Crippen molar-refractivity contribution in [3.8, 4) is 0 Å². The summed E-state index contributed by atoms with van der Waals surface area (Å²) in [5.41, 5.74) is 0. The molecule has 0 spiro atoms. The lowest BCUT2D eigenvalue weighted by molar-refractivity contribution is 0.0148. The quantitative estimate of drug-likeness (QED) is 0.701. The van der Waals surface area contributed by atoms with Crippen LogP contribution in [0.25, 0.3) is 0 Å². The lowest BCUT2D eigenvalue weighted by Crippen LogP contribution is -2.62. The van der Waals surface area contributed by atoms with E-state index >= 15 is 0 Å². The van der Waals surface area contributed by atoms with Crippen LogP contribution in [0.4, 0.5) is 4.79 Å². The van der Waals surface area contributed by atoms with Crippen LogP contribution in [0.1, 0.15) is 19.8 Å². The van der Waals surface area contributed by atoms with Gasteiger partial charge < -0.3 is 14.5 Å². The Morgan fingerprint density at radius 1 is 1.22 bits per heavy atom. The highest BCUT2D eigenvalue weighted by Gasteiger charge is 2.33. The molecule has 0 aromatic carbocycles. The van der Waals surface area contributed by atoms with Crippen molar-refractivity contribution in [1.29, 1.82) is 0 Å². The summed E-state index contributed by atoms with van der Waals surface area (Å²) in [6.07, 6.45) is 1.89. The van der Waals surface area contributed by atoms with Crippen LogP contribution in [0, 0.1) is 0 Å². The molecule has 0 saturated carbocycles. The molecular weight excluding hydrogens is 230 g/mol. The van der Waals surface area contributed by atoms with E-state index in [0.717, 1.165) is 52.1 Å². The second kappa shape index (κ2) is 6.38. The fraction of sp³-hybridized carbons (Fsp3) is 0.923. The Kier molecular flexibility index (Phi) is 4.83. The molecular formula is C13H25N3O2. The second-order valence-corrected chi connectivity index (χ2v) is 5.37. The van der Waals surface area contributed by atoms with E-state index in [-0.39, 0.29) is 6.09 Å². The van der Waals surface area contributed by atoms with Gasteiger partial charge in [0.15, 0.2) is 0 Å². The van der Waals surface area contributed by atoms with Crippen LogP contribution < -0.4 is 0 Å². The minimum atomic E-state index is -0.128. The highest BCUT2D eigenvalue weighted by molar-refractivity contribution is 5.67. The van der Waals surface area contributed by atoms with Gasteiger partial charge in [-0.15, -0.1) is 0 Å². The number of piperazine rings is 2. The van der Waals surface area contributed by atoms with Crippen LogP contribution in [0.5, 0.6) is 0 Å². The van der Waals surface area contributed by atoms with Crippen molar-refractivity contribution < 1.29 is 9.53 Å². The fourth-order valence-electron chi connectivity index (χ4n) is 2.67. The molecule has 1 atom stereocenters. The molecule has 0 N–H and O–H groups in total. The molecule has 0 aromatic rings. The number of ether oxygens (including phenoxy) is 1. The molecule has 0 aliphatic carbocycles. The average molecular weight is 255 g/mol. The molecule has 5 heteroatoms. The minimum Gasteiger partial charge on any atom is -0.449 e. The average Bonchev–Trinajstić information content (AvgIpc) is 2.38. The molecule has 2 aliphatic rings. The molecule has 2 saturated heterocycles. The zero-order valence-corrected chi connectivity index (χ0v) is 11.6. The predicted octanol–water partition coefficient (Wildman–Crippen LogP) is 0.855. The summed E-state index contributed by atoms with van der Waals surface area (Å²) in [5, 5.41) is 0. The van der Waals surface area contributed by atoms with E-state index in [0.29, 0.717) is 12.6 Å². The first-order valence-corrected chi connectivity index (χ1v) is 7.05. The standard InChI is InChI=1S/C13H25N3O2/c1-3-4-9-18-13(17)16-8-7-15-6-5-14(2)10-12(15)11-16/h12H,3-11H2,1-2H3/t12-/m1/s1. The molecule has 104 valence electrons. The van der Waals surface area contributed by atoms with Gasteiger partial charge in [-0.25, -0.2) is 4.79 Å². The predicted molar refractivity (Wildman–Crippen MR) is 70.7 cm³/mol. The van der Waals surface area contributed by atoms with Crippen molar-refractivity contribution in [2.45, 2.75) is 25.8 Å². The van der Waals surface area contributed by atoms with Crippen molar-refractivity contribution in [2.24, 2.45) is 0 Å². The van der Waals surface area contributed by atoms with E-state index in [1.165, 1.54) is 0 Å². The minimum absolute atomic E-state index is 0.128. The molecule has 2 aliphatic heterocycles. The van der Waals surface area contributed by atoms with Gasteiger partial charge >= 0.3 is 6.09 Å². The summed E-state index contributed by atoms with van der Waals surface area (Å²) < 4.78 is 5.28. The normalized spacial score (nSPS) is 25.9. The van der Waals surface area contributed by atoms with Crippen LogP contribution in [0.15, 0.2) is 0 Å². The maximum atomic E-state index is 11.9. The van der Waals surface area contributed by atoms with Gasteiger partial charge in [0, 0.05) is 45.3 Å². The molecule has 0 aromatic heterocycles. The van der Waals surface area contributed by atoms with Gasteiger partial charge in [0.25, 0.3) is 0 Å². The summed E-state index contributed by atoms with van der Waals surface area (Å²) in [4.78, 5) is 18.6. The van der Waals surface area contributed by atoms with Crippen molar-refractivity contribution in [2.75, 3.05) is 52.9 Å². The Balaban J connectivity index is 1.79. The molecule has 0 bridgehead atoms. The Morgan fingerprint density at radius 2 is 2.00 bits per heavy atom. The number of fused-ring (bicyclic) bond motifs is 1. The van der Waals surface area contributed by atoms with Crippen LogP contribution in [0.2, 0.25) is 0 Å². The van der Waals surface area contributed by atoms with E-state index < -0.39 is 0 Å². The van der Waals surface area contributed by atoms with Gasteiger partial charge in [0.1, 0.15) is 0 Å². The van der Waals surface area contributed by atoms with E-state index in [2.05, 4.69) is 23.8 Å². The largest absolute Gasteiger partial charge is 0.449 e. The second-order valence-electron chi connectivity index (χ2n) is 5.37. The van der Waals surface area contributed by atoms with E-state index in [1.807, 2.05) is 4.90 Å². The van der Waals surface area contributed by atoms with Crippen LogP contribution in [-0.2, 0) is 4.74 Å². The molecule has 18 heavy (non-hydrogen) atoms. The van der Waals surface area contributed by atoms with Crippen molar-refractivity contribution >= 4 is 6.09 Å². The third-order valence-corrected chi connectivity index (χ3v) is 3.88. The zero-order chi connectivity index (χ0) is 13.0. The topological polar surface area (TPSA) is 36.0 Å². The lowest BCUT2D eigenvalue weighted by atomic mass is 10.1. The summed E-state index contributed by atoms with van der Waals surface area (Å²) in [6, 6.07) is 0.483. The first-order chi connectivity index (χ1) is 8.70. The number of rotatable bonds is 3. The van der Waals surface area contributed by atoms with Gasteiger partial charge in [-0.1, -0.05) is 13.3 Å². The third kappa shape index (κ3) is 3.36. The maximum absolute atomic E-state index is 11.9. The van der Waals surface area contributed by atoms with Crippen LogP contribution in [0.3, 0.4) is 0 Å². The number of carbonyl (C=O) groups excluding carboxylic acids is 1. The van der Waals surface area contributed by atoms with Crippen LogP contribution >= 0.6 is 0 Å². The SMILES string of the molecule is CCCCOC(=O)N1CCN2CCN(C)C[C@@H]2C1. The van der Waals surface area contributed by atoms with Gasteiger partial charge in [-0.3, -0.25) is 4.90 Å². The Hall–Kier alpha value is -0.810. The van der Waals surface area contributed by atoms with E-state index in [4.69, 9.17) is 4.74 Å². The first kappa shape index (κ1) is 13.6. The van der Waals surface area contributed by atoms with Crippen molar-refractivity contribution in [3.63, 3.8) is 0 Å².